The van der Waals surface area contributed by atoms with E-state index in [1.807, 2.05) is 48.5 Å². The van der Waals surface area contributed by atoms with E-state index in [1.165, 1.54) is 0 Å². The highest BCUT2D eigenvalue weighted by atomic mass is 32.2. The van der Waals surface area contributed by atoms with Crippen LogP contribution in [-0.4, -0.2) is 18.4 Å². The van der Waals surface area contributed by atoms with Crippen molar-refractivity contribution in [2.24, 2.45) is 5.14 Å². The second kappa shape index (κ2) is 7.09. The molecule has 0 amide bonds. The number of hydrogen-bond donors (Lipinski definition) is 2. The van der Waals surface area contributed by atoms with Crippen LogP contribution in [0.3, 0.4) is 0 Å². The molecule has 2 unspecified atom stereocenters. The van der Waals surface area contributed by atoms with Gasteiger partial charge in [-0.25, -0.2) is 23.5 Å². The van der Waals surface area contributed by atoms with Crippen LogP contribution in [0, 0.1) is 0 Å². The summed E-state index contributed by atoms with van der Waals surface area (Å²) in [6.45, 7) is 0.645. The van der Waals surface area contributed by atoms with E-state index in [2.05, 4.69) is 15.3 Å². The summed E-state index contributed by atoms with van der Waals surface area (Å²) < 4.78 is 23.7. The Hall–Kier alpha value is -2.77. The molecule has 1 fully saturated rings. The van der Waals surface area contributed by atoms with Crippen molar-refractivity contribution in [3.05, 3.63) is 83.7 Å². The average Bonchev–Trinajstić information content (AvgIpc) is 3.48. The highest BCUT2D eigenvalue weighted by Gasteiger charge is 2.42. The highest BCUT2D eigenvalue weighted by molar-refractivity contribution is 7.89. The second-order valence-electron chi connectivity index (χ2n) is 6.68. The SMILES string of the molecule is NS(=O)(=O)c1ccccc1C1CC1c1ccnc(NCc2ccccc2)n1. The maximum atomic E-state index is 11.8. The van der Waals surface area contributed by atoms with Crippen LogP contribution in [0.25, 0.3) is 0 Å². The summed E-state index contributed by atoms with van der Waals surface area (Å²) in [6.07, 6.45) is 2.58. The molecule has 138 valence electrons. The van der Waals surface area contributed by atoms with Crippen LogP contribution in [-0.2, 0) is 16.6 Å². The summed E-state index contributed by atoms with van der Waals surface area (Å²) in [7, 11) is -3.74. The van der Waals surface area contributed by atoms with Gasteiger partial charge in [0.05, 0.1) is 4.90 Å². The van der Waals surface area contributed by atoms with Gasteiger partial charge in [0.1, 0.15) is 0 Å². The molecular formula is C20H20N4O2S. The third-order valence-electron chi connectivity index (χ3n) is 4.77. The molecule has 0 aliphatic heterocycles. The Morgan fingerprint density at radius 2 is 1.74 bits per heavy atom. The molecule has 0 spiro atoms. The first kappa shape index (κ1) is 17.6. The lowest BCUT2D eigenvalue weighted by atomic mass is 10.1. The minimum absolute atomic E-state index is 0.108. The number of benzene rings is 2. The van der Waals surface area contributed by atoms with Crippen LogP contribution < -0.4 is 10.5 Å². The van der Waals surface area contributed by atoms with Crippen molar-refractivity contribution in [1.82, 2.24) is 9.97 Å². The van der Waals surface area contributed by atoms with E-state index < -0.39 is 10.0 Å². The van der Waals surface area contributed by atoms with Gasteiger partial charge in [0, 0.05) is 24.4 Å². The van der Waals surface area contributed by atoms with Gasteiger partial charge in [-0.2, -0.15) is 0 Å². The number of aromatic nitrogens is 2. The van der Waals surface area contributed by atoms with Gasteiger partial charge in [-0.05, 0) is 35.6 Å². The number of sulfonamides is 1. The molecule has 7 heteroatoms. The van der Waals surface area contributed by atoms with Gasteiger partial charge >= 0.3 is 0 Å². The molecule has 27 heavy (non-hydrogen) atoms. The van der Waals surface area contributed by atoms with E-state index >= 15 is 0 Å². The van der Waals surface area contributed by atoms with Crippen LogP contribution in [0.4, 0.5) is 5.95 Å². The van der Waals surface area contributed by atoms with Gasteiger partial charge < -0.3 is 5.32 Å². The summed E-state index contributed by atoms with van der Waals surface area (Å²) in [5.74, 6) is 0.853. The zero-order chi connectivity index (χ0) is 18.9. The first-order chi connectivity index (χ1) is 13.0. The largest absolute Gasteiger partial charge is 0.350 e. The Bertz CT molecular complexity index is 1050. The number of anilines is 1. The molecule has 1 aromatic heterocycles. The van der Waals surface area contributed by atoms with Crippen molar-refractivity contribution >= 4 is 16.0 Å². The number of nitrogens with zero attached hydrogens (tertiary/aromatic N) is 2. The summed E-state index contributed by atoms with van der Waals surface area (Å²) >= 11 is 0. The fourth-order valence-corrected chi connectivity index (χ4v) is 4.17. The average molecular weight is 380 g/mol. The van der Waals surface area contributed by atoms with Gasteiger partial charge in [-0.3, -0.25) is 0 Å². The van der Waals surface area contributed by atoms with Crippen LogP contribution >= 0.6 is 0 Å². The minimum atomic E-state index is -3.74. The van der Waals surface area contributed by atoms with Crippen LogP contribution in [0.1, 0.15) is 35.1 Å². The minimum Gasteiger partial charge on any atom is -0.350 e. The Morgan fingerprint density at radius 3 is 2.52 bits per heavy atom. The van der Waals surface area contributed by atoms with Crippen molar-refractivity contribution in [1.29, 1.82) is 0 Å². The quantitative estimate of drug-likeness (QED) is 0.685. The van der Waals surface area contributed by atoms with Crippen LogP contribution in [0.2, 0.25) is 0 Å². The van der Waals surface area contributed by atoms with E-state index in [9.17, 15) is 8.42 Å². The molecule has 6 nitrogen and oxygen atoms in total. The van der Waals surface area contributed by atoms with Crippen molar-refractivity contribution < 1.29 is 8.42 Å². The lowest BCUT2D eigenvalue weighted by molar-refractivity contribution is 0.596. The van der Waals surface area contributed by atoms with Gasteiger partial charge in [0.15, 0.2) is 0 Å². The molecule has 4 rings (SSSR count). The van der Waals surface area contributed by atoms with Gasteiger partial charge in [0.2, 0.25) is 16.0 Å². The molecule has 1 heterocycles. The van der Waals surface area contributed by atoms with E-state index in [4.69, 9.17) is 5.14 Å². The Kier molecular flexibility index (Phi) is 4.63. The highest BCUT2D eigenvalue weighted by Crippen LogP contribution is 2.55. The molecule has 1 saturated carbocycles. The summed E-state index contributed by atoms with van der Waals surface area (Å²) in [6, 6.07) is 18.9. The Balaban J connectivity index is 1.50. The molecule has 1 aliphatic rings. The van der Waals surface area contributed by atoms with Crippen LogP contribution in [0.5, 0.6) is 0 Å². The Morgan fingerprint density at radius 1 is 1.00 bits per heavy atom. The molecule has 0 saturated heterocycles. The molecular weight excluding hydrogens is 360 g/mol. The third-order valence-corrected chi connectivity index (χ3v) is 5.75. The monoisotopic (exact) mass is 380 g/mol. The molecule has 0 radical (unpaired) electrons. The number of rotatable bonds is 6. The maximum absolute atomic E-state index is 11.8. The third kappa shape index (κ3) is 3.99. The summed E-state index contributed by atoms with van der Waals surface area (Å²) in [5.41, 5.74) is 2.83. The smallest absolute Gasteiger partial charge is 0.238 e. The van der Waals surface area contributed by atoms with Crippen LogP contribution in [0.15, 0.2) is 71.8 Å². The molecule has 1 aliphatic carbocycles. The molecule has 2 atom stereocenters. The zero-order valence-electron chi connectivity index (χ0n) is 14.6. The number of hydrogen-bond acceptors (Lipinski definition) is 5. The molecule has 0 bridgehead atoms. The topological polar surface area (TPSA) is 98.0 Å². The second-order valence-corrected chi connectivity index (χ2v) is 8.21. The normalized spacial score (nSPS) is 18.9. The maximum Gasteiger partial charge on any atom is 0.238 e. The molecule has 3 aromatic rings. The molecule has 3 N–H and O–H groups in total. The van der Waals surface area contributed by atoms with Gasteiger partial charge in [0.25, 0.3) is 0 Å². The first-order valence-electron chi connectivity index (χ1n) is 8.75. The van der Waals surface area contributed by atoms with E-state index in [1.54, 1.807) is 18.3 Å². The predicted molar refractivity (Wildman–Crippen MR) is 104 cm³/mol. The lowest BCUT2D eigenvalue weighted by Gasteiger charge is -2.08. The molecule has 2 aromatic carbocycles. The van der Waals surface area contributed by atoms with Crippen molar-refractivity contribution in [2.45, 2.75) is 29.7 Å². The van der Waals surface area contributed by atoms with E-state index in [0.717, 1.165) is 23.2 Å². The lowest BCUT2D eigenvalue weighted by Crippen LogP contribution is -2.14. The van der Waals surface area contributed by atoms with Gasteiger partial charge in [-0.1, -0.05) is 48.5 Å². The fraction of sp³-hybridized carbons (Fsp3) is 0.200. The summed E-state index contributed by atoms with van der Waals surface area (Å²) in [4.78, 5) is 9.10. The Labute approximate surface area is 158 Å². The summed E-state index contributed by atoms with van der Waals surface area (Å²) in [5, 5.41) is 8.60. The van der Waals surface area contributed by atoms with Crippen molar-refractivity contribution in [3.8, 4) is 0 Å². The van der Waals surface area contributed by atoms with Gasteiger partial charge in [-0.15, -0.1) is 0 Å². The first-order valence-corrected chi connectivity index (χ1v) is 10.3. The van der Waals surface area contributed by atoms with Crippen molar-refractivity contribution in [3.63, 3.8) is 0 Å². The predicted octanol–water partition coefficient (Wildman–Crippen LogP) is 3.01. The van der Waals surface area contributed by atoms with E-state index in [0.29, 0.717) is 12.5 Å². The number of nitrogens with two attached hydrogens (primary N) is 1. The van der Waals surface area contributed by atoms with Crippen molar-refractivity contribution in [2.75, 3.05) is 5.32 Å². The zero-order valence-corrected chi connectivity index (χ0v) is 15.4. The fourth-order valence-electron chi connectivity index (χ4n) is 3.35. The van der Waals surface area contributed by atoms with E-state index in [-0.39, 0.29) is 16.7 Å². The standard InChI is InChI=1S/C20H20N4O2S/c21-27(25,26)19-9-5-4-8-15(19)16-12-17(16)18-10-11-22-20(24-18)23-13-14-6-2-1-3-7-14/h1-11,16-17H,12-13H2,(H2,21,25,26)(H,22,23,24). The number of nitrogens with one attached hydrogen (secondary N) is 1. The number of primary sulfonamides is 1.